The molecule has 0 unspecified atom stereocenters. The number of benzene rings is 3. The minimum absolute atomic E-state index is 0.0469. The van der Waals surface area contributed by atoms with E-state index in [0.717, 1.165) is 22.3 Å². The number of ketones is 1. The molecule has 0 spiro atoms. The zero-order valence-corrected chi connectivity index (χ0v) is 17.9. The maximum atomic E-state index is 13.5. The molecule has 0 saturated heterocycles. The Balaban J connectivity index is 2.07. The van der Waals surface area contributed by atoms with Gasteiger partial charge >= 0.3 is 0 Å². The Morgan fingerprint density at radius 2 is 1.61 bits per heavy atom. The molecule has 0 aliphatic heterocycles. The first-order valence-corrected chi connectivity index (χ1v) is 10.5. The summed E-state index contributed by atoms with van der Waals surface area (Å²) in [5, 5.41) is 11.0. The van der Waals surface area contributed by atoms with Gasteiger partial charge < -0.3 is 5.11 Å². The van der Waals surface area contributed by atoms with Gasteiger partial charge in [0.05, 0.1) is 18.8 Å². The highest BCUT2D eigenvalue weighted by atomic mass is 35.5. The predicted octanol–water partition coefficient (Wildman–Crippen LogP) is 5.46. The maximum absolute atomic E-state index is 13.5. The molecule has 0 aliphatic carbocycles. The van der Waals surface area contributed by atoms with Crippen LogP contribution in [0.3, 0.4) is 0 Å². The molecule has 4 nitrogen and oxygen atoms in total. The van der Waals surface area contributed by atoms with Gasteiger partial charge in [0.1, 0.15) is 0 Å². The summed E-state index contributed by atoms with van der Waals surface area (Å²) in [6, 6.07) is 22.2. The van der Waals surface area contributed by atoms with Gasteiger partial charge in [-0.2, -0.15) is 0 Å². The zero-order chi connectivity index (χ0) is 22.0. The van der Waals surface area contributed by atoms with E-state index in [2.05, 4.69) is 0 Å². The van der Waals surface area contributed by atoms with Crippen molar-refractivity contribution in [3.8, 4) is 11.1 Å². The van der Waals surface area contributed by atoms with Gasteiger partial charge in [0.2, 0.25) is 0 Å². The number of aliphatic hydroxyl groups is 1. The van der Waals surface area contributed by atoms with Crippen LogP contribution in [-0.4, -0.2) is 15.5 Å². The molecular formula is C26H22ClNO3. The summed E-state index contributed by atoms with van der Waals surface area (Å²) < 4.78 is 1.57. The molecule has 4 aromatic rings. The second-order valence-corrected chi connectivity index (χ2v) is 7.86. The van der Waals surface area contributed by atoms with Crippen LogP contribution in [0, 0.1) is 0 Å². The van der Waals surface area contributed by atoms with Crippen LogP contribution in [0.25, 0.3) is 21.9 Å². The number of pyridine rings is 1. The molecule has 1 N–H and O–H groups in total. The Hall–Kier alpha value is -3.21. The number of rotatable bonds is 6. The van der Waals surface area contributed by atoms with Crippen molar-refractivity contribution in [1.82, 2.24) is 4.57 Å². The minimum Gasteiger partial charge on any atom is -0.392 e. The number of Topliss-reactive ketones (excluding diaryl/α,β-unsaturated/α-hetero) is 1. The highest BCUT2D eigenvalue weighted by Gasteiger charge is 2.22. The second-order valence-electron chi connectivity index (χ2n) is 7.42. The molecule has 31 heavy (non-hydrogen) atoms. The number of carbonyl (C=O) groups is 1. The first kappa shape index (κ1) is 21.0. The Morgan fingerprint density at radius 3 is 2.26 bits per heavy atom. The van der Waals surface area contributed by atoms with Gasteiger partial charge in [0, 0.05) is 22.4 Å². The van der Waals surface area contributed by atoms with E-state index in [1.54, 1.807) is 29.7 Å². The summed E-state index contributed by atoms with van der Waals surface area (Å²) in [5.74, 6) is -0.107. The number of halogens is 1. The molecule has 0 amide bonds. The van der Waals surface area contributed by atoms with E-state index < -0.39 is 0 Å². The molecule has 1 aromatic heterocycles. The topological polar surface area (TPSA) is 59.3 Å². The monoisotopic (exact) mass is 431 g/mol. The molecule has 0 atom stereocenters. The fourth-order valence-electron chi connectivity index (χ4n) is 3.86. The van der Waals surface area contributed by atoms with Crippen LogP contribution in [0.1, 0.15) is 35.0 Å². The average molecular weight is 432 g/mol. The molecular weight excluding hydrogens is 410 g/mol. The smallest absolute Gasteiger partial charge is 0.259 e. The number of hydrogen-bond donors (Lipinski definition) is 1. The number of hydrogen-bond acceptors (Lipinski definition) is 3. The van der Waals surface area contributed by atoms with Crippen LogP contribution < -0.4 is 5.56 Å². The Labute approximate surface area is 185 Å². The number of fused-ring (bicyclic) bond motifs is 1. The fraction of sp³-hybridized carbons (Fsp3) is 0.154. The Bertz CT molecular complexity index is 1310. The van der Waals surface area contributed by atoms with Gasteiger partial charge in [-0.05, 0) is 40.3 Å². The molecule has 0 aliphatic rings. The highest BCUT2D eigenvalue weighted by Crippen LogP contribution is 2.33. The van der Waals surface area contributed by atoms with Crippen LogP contribution in [0.2, 0.25) is 5.02 Å². The first-order chi connectivity index (χ1) is 15.0. The summed E-state index contributed by atoms with van der Waals surface area (Å²) >= 11 is 6.28. The van der Waals surface area contributed by atoms with E-state index >= 15 is 0 Å². The van der Waals surface area contributed by atoms with E-state index in [1.165, 1.54) is 0 Å². The molecule has 5 heteroatoms. The standard InChI is InChI=1S/C26H22ClNO3/c1-2-23(30)25-24(19-6-4-3-5-7-19)22-14-20(27)12-13-21(22)26(31)28(25)15-17-8-10-18(16-29)11-9-17/h3-14,29H,2,15-16H2,1H3. The summed E-state index contributed by atoms with van der Waals surface area (Å²) in [6.07, 6.45) is 0.273. The lowest BCUT2D eigenvalue weighted by molar-refractivity contribution is 0.0979. The third-order valence-electron chi connectivity index (χ3n) is 5.43. The van der Waals surface area contributed by atoms with Crippen LogP contribution in [-0.2, 0) is 13.2 Å². The summed E-state index contributed by atoms with van der Waals surface area (Å²) in [6.45, 7) is 2.00. The van der Waals surface area contributed by atoms with Gasteiger partial charge in [0.15, 0.2) is 5.78 Å². The molecule has 3 aromatic carbocycles. The predicted molar refractivity (Wildman–Crippen MR) is 125 cm³/mol. The van der Waals surface area contributed by atoms with E-state index in [-0.39, 0.29) is 30.9 Å². The number of aliphatic hydroxyl groups excluding tert-OH is 1. The summed E-state index contributed by atoms with van der Waals surface area (Å²) in [7, 11) is 0. The number of aromatic nitrogens is 1. The van der Waals surface area contributed by atoms with Crippen molar-refractivity contribution in [2.24, 2.45) is 0 Å². The maximum Gasteiger partial charge on any atom is 0.259 e. The number of nitrogens with zero attached hydrogens (tertiary/aromatic N) is 1. The SMILES string of the molecule is CCC(=O)c1c(-c2ccccc2)c2cc(Cl)ccc2c(=O)n1Cc1ccc(CO)cc1. The molecule has 0 bridgehead atoms. The van der Waals surface area contributed by atoms with Gasteiger partial charge in [-0.1, -0.05) is 73.1 Å². The van der Waals surface area contributed by atoms with Crippen molar-refractivity contribution in [3.63, 3.8) is 0 Å². The molecule has 0 saturated carbocycles. The van der Waals surface area contributed by atoms with Gasteiger partial charge in [-0.25, -0.2) is 0 Å². The van der Waals surface area contributed by atoms with Crippen LogP contribution >= 0.6 is 11.6 Å². The molecule has 0 fully saturated rings. The first-order valence-electron chi connectivity index (χ1n) is 10.2. The third kappa shape index (κ3) is 4.05. The average Bonchev–Trinajstić information content (AvgIpc) is 2.81. The third-order valence-corrected chi connectivity index (χ3v) is 5.66. The Morgan fingerprint density at radius 1 is 0.935 bits per heavy atom. The van der Waals surface area contributed by atoms with Crippen molar-refractivity contribution < 1.29 is 9.90 Å². The van der Waals surface area contributed by atoms with Crippen LogP contribution in [0.5, 0.6) is 0 Å². The van der Waals surface area contributed by atoms with E-state index in [0.29, 0.717) is 21.5 Å². The fourth-order valence-corrected chi connectivity index (χ4v) is 4.03. The van der Waals surface area contributed by atoms with E-state index in [9.17, 15) is 14.7 Å². The Kier molecular flexibility index (Phi) is 6.03. The molecule has 0 radical (unpaired) electrons. The molecule has 4 rings (SSSR count). The van der Waals surface area contributed by atoms with Crippen molar-refractivity contribution in [1.29, 1.82) is 0 Å². The lowest BCUT2D eigenvalue weighted by Crippen LogP contribution is -2.28. The largest absolute Gasteiger partial charge is 0.392 e. The van der Waals surface area contributed by atoms with Crippen molar-refractivity contribution >= 4 is 28.2 Å². The highest BCUT2D eigenvalue weighted by molar-refractivity contribution is 6.31. The van der Waals surface area contributed by atoms with Crippen LogP contribution in [0.4, 0.5) is 0 Å². The lowest BCUT2D eigenvalue weighted by atomic mass is 9.94. The molecule has 1 heterocycles. The van der Waals surface area contributed by atoms with Gasteiger partial charge in [-0.15, -0.1) is 0 Å². The van der Waals surface area contributed by atoms with E-state index in [1.807, 2.05) is 54.6 Å². The lowest BCUT2D eigenvalue weighted by Gasteiger charge is -2.19. The molecule has 156 valence electrons. The van der Waals surface area contributed by atoms with Gasteiger partial charge in [-0.3, -0.25) is 14.2 Å². The van der Waals surface area contributed by atoms with Crippen molar-refractivity contribution in [3.05, 3.63) is 105 Å². The van der Waals surface area contributed by atoms with E-state index in [4.69, 9.17) is 11.6 Å². The zero-order valence-electron chi connectivity index (χ0n) is 17.1. The normalized spacial score (nSPS) is 11.1. The summed E-state index contributed by atoms with van der Waals surface area (Å²) in [5.41, 5.74) is 3.40. The van der Waals surface area contributed by atoms with Crippen molar-refractivity contribution in [2.75, 3.05) is 0 Å². The van der Waals surface area contributed by atoms with Crippen molar-refractivity contribution in [2.45, 2.75) is 26.5 Å². The van der Waals surface area contributed by atoms with Gasteiger partial charge in [0.25, 0.3) is 5.56 Å². The van der Waals surface area contributed by atoms with Crippen LogP contribution in [0.15, 0.2) is 77.6 Å². The minimum atomic E-state index is -0.227. The quantitative estimate of drug-likeness (QED) is 0.412. The second kappa shape index (κ2) is 8.88. The number of carbonyl (C=O) groups excluding carboxylic acids is 1. The summed E-state index contributed by atoms with van der Waals surface area (Å²) in [4.78, 5) is 26.7.